The van der Waals surface area contributed by atoms with Crippen molar-refractivity contribution >= 4 is 17.7 Å². The predicted molar refractivity (Wildman–Crippen MR) is 60.5 cm³/mol. The molecular weight excluding hydrogens is 222 g/mol. The van der Waals surface area contributed by atoms with Gasteiger partial charge < -0.3 is 5.32 Å². The predicted octanol–water partition coefficient (Wildman–Crippen LogP) is 1.14. The molecule has 2 aliphatic heterocycles. The molecule has 84 valence electrons. The number of para-hydroxylation sites is 1. The van der Waals surface area contributed by atoms with Crippen molar-refractivity contribution in [1.82, 2.24) is 9.91 Å². The second-order valence-electron chi connectivity index (χ2n) is 3.80. The van der Waals surface area contributed by atoms with E-state index in [1.54, 1.807) is 30.3 Å². The van der Waals surface area contributed by atoms with E-state index in [0.717, 1.165) is 0 Å². The lowest BCUT2D eigenvalue weighted by atomic mass is 10.2. The molecule has 0 saturated carbocycles. The second kappa shape index (κ2) is 3.02. The molecule has 0 spiro atoms. The fourth-order valence-electron chi connectivity index (χ4n) is 2.20. The Bertz CT molecular complexity index is 606. The zero-order chi connectivity index (χ0) is 12.0. The van der Waals surface area contributed by atoms with Crippen molar-refractivity contribution in [3.05, 3.63) is 58.0 Å². The Hall–Kier alpha value is -2.47. The number of nitrogens with one attached hydrogen (secondary N) is 1. The third-order valence-electron chi connectivity index (χ3n) is 2.96. The first-order chi connectivity index (χ1) is 8.16. The molecule has 2 aliphatic rings. The molecule has 1 atom stereocenters. The number of nitrogens with zero attached hydrogens (tertiary/aromatic N) is 2. The van der Waals surface area contributed by atoms with Crippen molar-refractivity contribution in [2.45, 2.75) is 0 Å². The molecule has 0 saturated heterocycles. The fourth-order valence-corrected chi connectivity index (χ4v) is 2.20. The van der Waals surface area contributed by atoms with Crippen LogP contribution in [-0.2, 0) is 4.79 Å². The smallest absolute Gasteiger partial charge is 0.316 e. The highest BCUT2D eigenvalue weighted by molar-refractivity contribution is 6.04. The number of fused-ring (bicyclic) bond motifs is 3. The van der Waals surface area contributed by atoms with E-state index >= 15 is 0 Å². The first-order valence-electron chi connectivity index (χ1n) is 5.00. The van der Waals surface area contributed by atoms with Crippen LogP contribution in [0.1, 0.15) is 5.56 Å². The minimum Gasteiger partial charge on any atom is -0.318 e. The number of carbonyl (C=O) groups excluding carboxylic acids is 1. The molecule has 1 aromatic carbocycles. The van der Waals surface area contributed by atoms with E-state index in [1.165, 1.54) is 12.4 Å². The zero-order valence-corrected chi connectivity index (χ0v) is 8.66. The van der Waals surface area contributed by atoms with Crippen molar-refractivity contribution in [2.75, 3.05) is 0 Å². The molecule has 0 aliphatic carbocycles. The summed E-state index contributed by atoms with van der Waals surface area (Å²) in [7, 11) is 0. The van der Waals surface area contributed by atoms with E-state index in [0.29, 0.717) is 11.3 Å². The van der Waals surface area contributed by atoms with E-state index in [-0.39, 0.29) is 5.70 Å². The van der Waals surface area contributed by atoms with Crippen molar-refractivity contribution in [1.29, 1.82) is 0 Å². The third kappa shape index (κ3) is 1.04. The maximum atomic E-state index is 11.7. The van der Waals surface area contributed by atoms with E-state index in [9.17, 15) is 14.9 Å². The quantitative estimate of drug-likeness (QED) is 0.446. The summed E-state index contributed by atoms with van der Waals surface area (Å²) < 4.78 is -0.748. The molecule has 6 heteroatoms. The summed E-state index contributed by atoms with van der Waals surface area (Å²) >= 11 is 0. The Balaban J connectivity index is 2.36. The van der Waals surface area contributed by atoms with E-state index in [4.69, 9.17) is 0 Å². The van der Waals surface area contributed by atoms with E-state index in [2.05, 4.69) is 5.32 Å². The van der Waals surface area contributed by atoms with Gasteiger partial charge in [0.2, 0.25) is 5.69 Å². The number of rotatable bonds is 1. The van der Waals surface area contributed by atoms with Gasteiger partial charge in [0.15, 0.2) is 6.20 Å². The van der Waals surface area contributed by atoms with Gasteiger partial charge in [0.05, 0.1) is 10.8 Å². The van der Waals surface area contributed by atoms with Crippen molar-refractivity contribution in [3.63, 3.8) is 0 Å². The lowest BCUT2D eigenvalue weighted by Gasteiger charge is -2.22. The minimum absolute atomic E-state index is 0.110. The van der Waals surface area contributed by atoms with Crippen molar-refractivity contribution in [2.24, 2.45) is 0 Å². The average Bonchev–Trinajstić information content (AvgIpc) is 2.67. The van der Waals surface area contributed by atoms with Crippen LogP contribution >= 0.6 is 0 Å². The molecule has 6 nitrogen and oxygen atoms in total. The van der Waals surface area contributed by atoms with Gasteiger partial charge in [-0.05, 0) is 6.07 Å². The van der Waals surface area contributed by atoms with Gasteiger partial charge in [-0.2, -0.15) is 0 Å². The topological polar surface area (TPSA) is 72.2 Å². The van der Waals surface area contributed by atoms with Gasteiger partial charge in [-0.15, -0.1) is 0 Å². The van der Waals surface area contributed by atoms with Crippen LogP contribution in [0.3, 0.4) is 0 Å². The number of carbonyl (C=O) groups is 1. The van der Waals surface area contributed by atoms with Crippen molar-refractivity contribution < 1.29 is 9.83 Å². The molecule has 3 rings (SSSR count). The van der Waals surface area contributed by atoms with Gasteiger partial charge in [0.25, 0.3) is 10.7 Å². The minimum atomic E-state index is -0.748. The summed E-state index contributed by atoms with van der Waals surface area (Å²) in [6.45, 7) is 0. The largest absolute Gasteiger partial charge is 0.318 e. The zero-order valence-electron chi connectivity index (χ0n) is 8.66. The normalized spacial score (nSPS) is 24.7. The first-order valence-corrected chi connectivity index (χ1v) is 5.00. The van der Waals surface area contributed by atoms with Crippen LogP contribution in [0, 0.1) is 10.1 Å². The fraction of sp³-hybridized carbons (Fsp3) is 0. The third-order valence-corrected chi connectivity index (χ3v) is 2.96. The van der Waals surface area contributed by atoms with Crippen LogP contribution in [0.5, 0.6) is 0 Å². The molecule has 1 aromatic rings. The molecule has 0 bridgehead atoms. The van der Waals surface area contributed by atoms with Crippen LogP contribution in [0.4, 0.5) is 5.69 Å². The van der Waals surface area contributed by atoms with Crippen LogP contribution in [0.25, 0.3) is 6.08 Å². The summed E-state index contributed by atoms with van der Waals surface area (Å²) in [6.07, 6.45) is 4.22. The second-order valence-corrected chi connectivity index (χ2v) is 3.80. The number of benzene rings is 1. The molecule has 0 radical (unpaired) electrons. The molecule has 0 aromatic heterocycles. The summed E-state index contributed by atoms with van der Waals surface area (Å²) in [5.41, 5.74) is 1.29. The molecule has 1 N–H and O–H groups in total. The summed E-state index contributed by atoms with van der Waals surface area (Å²) in [4.78, 5) is 23.1. The Morgan fingerprint density at radius 1 is 1.29 bits per heavy atom. The SMILES string of the molecule is O=C1NC=C[N+]2([N+](=O)[O-])C1=Cc1ccccc12. The first kappa shape index (κ1) is 9.73. The lowest BCUT2D eigenvalue weighted by molar-refractivity contribution is -0.614. The van der Waals surface area contributed by atoms with Gasteiger partial charge in [0, 0.05) is 17.7 Å². The highest BCUT2D eigenvalue weighted by atomic mass is 16.7. The van der Waals surface area contributed by atoms with Gasteiger partial charge in [-0.25, -0.2) is 10.1 Å². The van der Waals surface area contributed by atoms with E-state index < -0.39 is 15.5 Å². The molecule has 1 amide bonds. The van der Waals surface area contributed by atoms with Gasteiger partial charge in [-0.3, -0.25) is 4.79 Å². The molecule has 17 heavy (non-hydrogen) atoms. The number of hydrogen-bond acceptors (Lipinski definition) is 3. The number of quaternary nitrogens is 1. The Morgan fingerprint density at radius 3 is 2.82 bits per heavy atom. The van der Waals surface area contributed by atoms with Gasteiger partial charge in [0.1, 0.15) is 0 Å². The number of amides is 1. The Labute approximate surface area is 96.2 Å². The van der Waals surface area contributed by atoms with Crippen LogP contribution in [0.2, 0.25) is 0 Å². The Kier molecular flexibility index (Phi) is 1.73. The maximum absolute atomic E-state index is 11.7. The number of hydrogen-bond donors (Lipinski definition) is 1. The van der Waals surface area contributed by atoms with Crippen LogP contribution in [-0.4, -0.2) is 10.9 Å². The van der Waals surface area contributed by atoms with Gasteiger partial charge >= 0.3 is 5.91 Å². The number of nitro groups is 1. The van der Waals surface area contributed by atoms with Gasteiger partial charge in [-0.1, -0.05) is 12.1 Å². The monoisotopic (exact) mass is 230 g/mol. The van der Waals surface area contributed by atoms with Crippen LogP contribution in [0.15, 0.2) is 42.4 Å². The molecule has 2 heterocycles. The standard InChI is InChI=1S/C11H7N3O3/c15-11-10-7-8-3-1-2-4-9(8)14(10,13(16)17)6-5-12-11/h1-7H/p+1. The Morgan fingerprint density at radius 2 is 2.06 bits per heavy atom. The maximum Gasteiger partial charge on any atom is 0.316 e. The summed E-state index contributed by atoms with van der Waals surface area (Å²) in [6, 6.07) is 6.92. The average molecular weight is 230 g/mol. The lowest BCUT2D eigenvalue weighted by Crippen LogP contribution is -2.53. The highest BCUT2D eigenvalue weighted by Crippen LogP contribution is 2.41. The highest BCUT2D eigenvalue weighted by Gasteiger charge is 2.56. The molecular formula is C11H8N3O3+. The van der Waals surface area contributed by atoms with E-state index in [1.807, 2.05) is 0 Å². The summed E-state index contributed by atoms with van der Waals surface area (Å²) in [5.74, 6) is -0.444. The molecule has 0 fully saturated rings. The van der Waals surface area contributed by atoms with Crippen LogP contribution < -0.4 is 9.91 Å². The molecule has 1 unspecified atom stereocenters. The van der Waals surface area contributed by atoms with Crippen molar-refractivity contribution in [3.8, 4) is 0 Å². The summed E-state index contributed by atoms with van der Waals surface area (Å²) in [5, 5.41) is 13.4.